The molecule has 0 spiro atoms. The van der Waals surface area contributed by atoms with Gasteiger partial charge in [-0.2, -0.15) is 0 Å². The molecule has 3 rings (SSSR count). The van der Waals surface area contributed by atoms with Crippen molar-refractivity contribution in [2.24, 2.45) is 10.9 Å². The molecule has 2 aliphatic heterocycles. The highest BCUT2D eigenvalue weighted by molar-refractivity contribution is 5.81. The topological polar surface area (TPSA) is 80.2 Å². The van der Waals surface area contributed by atoms with E-state index in [2.05, 4.69) is 46.7 Å². The van der Waals surface area contributed by atoms with E-state index in [-0.39, 0.29) is 24.0 Å². The Morgan fingerprint density at radius 1 is 1.13 bits per heavy atom. The van der Waals surface area contributed by atoms with Crippen molar-refractivity contribution in [2.45, 2.75) is 65.3 Å². The number of likely N-dealkylation sites (tertiary alicyclic amines) is 2. The molecule has 2 fully saturated rings. The second-order valence-corrected chi connectivity index (χ2v) is 9.09. The summed E-state index contributed by atoms with van der Waals surface area (Å²) in [6.07, 6.45) is 2.57. The first-order chi connectivity index (χ1) is 14.9. The number of benzene rings is 1. The number of nitrogens with one attached hydrogen (secondary N) is 2. The number of nitrogens with zero attached hydrogens (tertiary/aromatic N) is 3. The molecule has 7 nitrogen and oxygen atoms in total. The molecule has 31 heavy (non-hydrogen) atoms. The van der Waals surface area contributed by atoms with Gasteiger partial charge in [0.05, 0.1) is 12.6 Å². The standard InChI is InChI=1S/C24H39N5O2/c1-4-25-24(27-21-9-14-29(17-21)23(31)18(2)3)26-15-19-5-7-20(8-6-19)16-28-12-10-22(30)11-13-28/h5-8,18,21-22,30H,4,9-17H2,1-3H3,(H2,25,26,27). The summed E-state index contributed by atoms with van der Waals surface area (Å²) in [6, 6.07) is 8.91. The number of hydrogen-bond acceptors (Lipinski definition) is 4. The molecule has 2 saturated heterocycles. The van der Waals surface area contributed by atoms with Crippen LogP contribution in [0, 0.1) is 5.92 Å². The van der Waals surface area contributed by atoms with Crippen LogP contribution >= 0.6 is 0 Å². The summed E-state index contributed by atoms with van der Waals surface area (Å²) in [6.45, 7) is 11.8. The highest BCUT2D eigenvalue weighted by Gasteiger charge is 2.28. The first-order valence-corrected chi connectivity index (χ1v) is 11.8. The van der Waals surface area contributed by atoms with Gasteiger partial charge in [-0.05, 0) is 37.3 Å². The summed E-state index contributed by atoms with van der Waals surface area (Å²) in [5, 5.41) is 16.5. The molecule has 0 aliphatic carbocycles. The molecule has 3 N–H and O–H groups in total. The van der Waals surface area contributed by atoms with Crippen LogP contribution in [0.1, 0.15) is 51.2 Å². The lowest BCUT2D eigenvalue weighted by molar-refractivity contribution is -0.133. The number of carbonyl (C=O) groups excluding carboxylic acids is 1. The summed E-state index contributed by atoms with van der Waals surface area (Å²) in [7, 11) is 0. The van der Waals surface area contributed by atoms with Gasteiger partial charge in [-0.3, -0.25) is 9.69 Å². The van der Waals surface area contributed by atoms with Crippen LogP contribution in [0.15, 0.2) is 29.3 Å². The summed E-state index contributed by atoms with van der Waals surface area (Å²) in [5.74, 6) is 1.08. The van der Waals surface area contributed by atoms with Crippen LogP contribution in [0.5, 0.6) is 0 Å². The third-order valence-corrected chi connectivity index (χ3v) is 6.08. The van der Waals surface area contributed by atoms with Gasteiger partial charge in [-0.1, -0.05) is 38.1 Å². The van der Waals surface area contributed by atoms with Gasteiger partial charge in [0.1, 0.15) is 0 Å². The number of piperidine rings is 1. The van der Waals surface area contributed by atoms with Crippen LogP contribution in [0.4, 0.5) is 0 Å². The Kier molecular flexibility index (Phi) is 8.72. The SMILES string of the molecule is CCNC(=NCc1ccc(CN2CCC(O)CC2)cc1)NC1CCN(C(=O)C(C)C)C1. The Labute approximate surface area is 186 Å². The molecule has 7 heteroatoms. The smallest absolute Gasteiger partial charge is 0.225 e. The number of aliphatic imine (C=N–C) groups is 1. The van der Waals surface area contributed by atoms with Crippen molar-refractivity contribution in [1.82, 2.24) is 20.4 Å². The fourth-order valence-electron chi connectivity index (χ4n) is 4.21. The van der Waals surface area contributed by atoms with E-state index in [1.165, 1.54) is 11.1 Å². The quantitative estimate of drug-likeness (QED) is 0.456. The van der Waals surface area contributed by atoms with E-state index in [1.807, 2.05) is 18.7 Å². The zero-order valence-corrected chi connectivity index (χ0v) is 19.3. The molecule has 1 aromatic rings. The molecule has 1 unspecified atom stereocenters. The predicted octanol–water partition coefficient (Wildman–Crippen LogP) is 1.96. The van der Waals surface area contributed by atoms with Crippen molar-refractivity contribution in [3.05, 3.63) is 35.4 Å². The average Bonchev–Trinajstić information content (AvgIpc) is 3.22. The lowest BCUT2D eigenvalue weighted by Crippen LogP contribution is -2.45. The Morgan fingerprint density at radius 2 is 1.81 bits per heavy atom. The number of aliphatic hydroxyl groups excluding tert-OH is 1. The number of hydrogen-bond donors (Lipinski definition) is 3. The monoisotopic (exact) mass is 429 g/mol. The van der Waals surface area contributed by atoms with Crippen molar-refractivity contribution < 1.29 is 9.90 Å². The van der Waals surface area contributed by atoms with Crippen molar-refractivity contribution in [3.63, 3.8) is 0 Å². The van der Waals surface area contributed by atoms with E-state index in [1.54, 1.807) is 0 Å². The van der Waals surface area contributed by atoms with E-state index >= 15 is 0 Å². The second-order valence-electron chi connectivity index (χ2n) is 9.09. The van der Waals surface area contributed by atoms with E-state index in [9.17, 15) is 9.90 Å². The highest BCUT2D eigenvalue weighted by atomic mass is 16.3. The number of rotatable bonds is 7. The maximum atomic E-state index is 12.2. The van der Waals surface area contributed by atoms with E-state index in [0.717, 1.165) is 64.5 Å². The minimum absolute atomic E-state index is 0.0464. The Hall–Kier alpha value is -2.12. The number of carbonyl (C=O) groups is 1. The Bertz CT molecular complexity index is 726. The Balaban J connectivity index is 1.50. The van der Waals surface area contributed by atoms with E-state index < -0.39 is 0 Å². The molecule has 1 aromatic carbocycles. The van der Waals surface area contributed by atoms with Gasteiger partial charge in [-0.25, -0.2) is 4.99 Å². The largest absolute Gasteiger partial charge is 0.393 e. The zero-order chi connectivity index (χ0) is 22.2. The lowest BCUT2D eigenvalue weighted by atomic mass is 10.1. The fourth-order valence-corrected chi connectivity index (χ4v) is 4.21. The Morgan fingerprint density at radius 3 is 2.45 bits per heavy atom. The van der Waals surface area contributed by atoms with Crippen LogP contribution in [-0.2, 0) is 17.9 Å². The molecule has 2 heterocycles. The summed E-state index contributed by atoms with van der Waals surface area (Å²) in [5.41, 5.74) is 2.48. The van der Waals surface area contributed by atoms with Crippen LogP contribution in [0.3, 0.4) is 0 Å². The van der Waals surface area contributed by atoms with Gasteiger partial charge in [0.15, 0.2) is 5.96 Å². The third kappa shape index (κ3) is 7.21. The number of amides is 1. The van der Waals surface area contributed by atoms with Gasteiger partial charge in [0.25, 0.3) is 0 Å². The fraction of sp³-hybridized carbons (Fsp3) is 0.667. The number of aliphatic hydroxyl groups is 1. The van der Waals surface area contributed by atoms with Crippen LogP contribution in [0.25, 0.3) is 0 Å². The van der Waals surface area contributed by atoms with Crippen molar-refractivity contribution >= 4 is 11.9 Å². The van der Waals surface area contributed by atoms with Gasteiger partial charge >= 0.3 is 0 Å². The maximum Gasteiger partial charge on any atom is 0.225 e. The van der Waals surface area contributed by atoms with Crippen LogP contribution in [-0.4, -0.2) is 71.6 Å². The minimum atomic E-state index is -0.126. The first-order valence-electron chi connectivity index (χ1n) is 11.8. The maximum absolute atomic E-state index is 12.2. The van der Waals surface area contributed by atoms with Crippen LogP contribution in [0.2, 0.25) is 0 Å². The molecule has 2 aliphatic rings. The average molecular weight is 430 g/mol. The molecule has 0 saturated carbocycles. The molecule has 0 bridgehead atoms. The number of guanidine groups is 1. The molecular weight excluding hydrogens is 390 g/mol. The van der Waals surface area contributed by atoms with Crippen molar-refractivity contribution in [1.29, 1.82) is 0 Å². The van der Waals surface area contributed by atoms with Gasteiger partial charge in [-0.15, -0.1) is 0 Å². The third-order valence-electron chi connectivity index (χ3n) is 6.08. The lowest BCUT2D eigenvalue weighted by Gasteiger charge is -2.29. The molecule has 172 valence electrons. The van der Waals surface area contributed by atoms with Gasteiger partial charge < -0.3 is 20.6 Å². The summed E-state index contributed by atoms with van der Waals surface area (Å²) in [4.78, 5) is 21.3. The highest BCUT2D eigenvalue weighted by Crippen LogP contribution is 2.15. The van der Waals surface area contributed by atoms with Gasteiger partial charge in [0, 0.05) is 51.2 Å². The van der Waals surface area contributed by atoms with Crippen molar-refractivity contribution in [2.75, 3.05) is 32.7 Å². The van der Waals surface area contributed by atoms with Crippen molar-refractivity contribution in [3.8, 4) is 0 Å². The summed E-state index contributed by atoms with van der Waals surface area (Å²) < 4.78 is 0. The normalized spacial score (nSPS) is 21.0. The summed E-state index contributed by atoms with van der Waals surface area (Å²) >= 11 is 0. The molecule has 0 aromatic heterocycles. The minimum Gasteiger partial charge on any atom is -0.393 e. The molecule has 0 radical (unpaired) electrons. The van der Waals surface area contributed by atoms with E-state index in [4.69, 9.17) is 4.99 Å². The van der Waals surface area contributed by atoms with E-state index in [0.29, 0.717) is 6.54 Å². The molecule has 1 amide bonds. The second kappa shape index (κ2) is 11.5. The zero-order valence-electron chi connectivity index (χ0n) is 19.3. The van der Waals surface area contributed by atoms with Gasteiger partial charge in [0.2, 0.25) is 5.91 Å². The first kappa shape index (κ1) is 23.5. The molecule has 1 atom stereocenters. The predicted molar refractivity (Wildman–Crippen MR) is 125 cm³/mol. The van der Waals surface area contributed by atoms with Crippen LogP contribution < -0.4 is 10.6 Å². The molecular formula is C24H39N5O2.